The van der Waals surface area contributed by atoms with E-state index in [0.717, 1.165) is 19.3 Å². The molecule has 1 aromatic rings. The van der Waals surface area contributed by atoms with E-state index < -0.39 is 10.0 Å². The van der Waals surface area contributed by atoms with Gasteiger partial charge in [0.05, 0.1) is 12.8 Å². The van der Waals surface area contributed by atoms with Crippen molar-refractivity contribution in [2.45, 2.75) is 51.0 Å². The fraction of sp³-hybridized carbons (Fsp3) is 0.600. The van der Waals surface area contributed by atoms with Gasteiger partial charge >= 0.3 is 0 Å². The molecule has 120 valence electrons. The first-order chi connectivity index (χ1) is 9.88. The molecule has 0 aliphatic carbocycles. The molecule has 6 heteroatoms. The van der Waals surface area contributed by atoms with E-state index in [1.165, 1.54) is 13.2 Å². The van der Waals surface area contributed by atoms with Crippen LogP contribution in [0.5, 0.6) is 5.75 Å². The van der Waals surface area contributed by atoms with E-state index >= 15 is 0 Å². The number of benzene rings is 1. The Morgan fingerprint density at radius 1 is 1.33 bits per heavy atom. The van der Waals surface area contributed by atoms with Crippen molar-refractivity contribution in [2.24, 2.45) is 0 Å². The molecule has 21 heavy (non-hydrogen) atoms. The fourth-order valence-corrected chi connectivity index (χ4v) is 3.95. The molecule has 0 saturated heterocycles. The average Bonchev–Trinajstić information content (AvgIpc) is 2.46. The Bertz CT molecular complexity index is 558. The van der Waals surface area contributed by atoms with Crippen molar-refractivity contribution in [1.29, 1.82) is 0 Å². The largest absolute Gasteiger partial charge is 0.497 e. The van der Waals surface area contributed by atoms with Crippen LogP contribution in [0.25, 0.3) is 0 Å². The Hall–Kier alpha value is -1.27. The molecule has 0 spiro atoms. The van der Waals surface area contributed by atoms with E-state index in [-0.39, 0.29) is 16.6 Å². The van der Waals surface area contributed by atoms with Crippen molar-refractivity contribution in [3.63, 3.8) is 0 Å². The van der Waals surface area contributed by atoms with Crippen LogP contribution in [0.3, 0.4) is 0 Å². The van der Waals surface area contributed by atoms with Gasteiger partial charge in [-0.05, 0) is 31.9 Å². The second kappa shape index (κ2) is 7.66. The molecule has 0 heterocycles. The lowest BCUT2D eigenvalue weighted by Gasteiger charge is -2.28. The van der Waals surface area contributed by atoms with Crippen molar-refractivity contribution >= 4 is 15.7 Å². The Balaban J connectivity index is 3.21. The Kier molecular flexibility index (Phi) is 6.48. The predicted molar refractivity (Wildman–Crippen MR) is 86.0 cm³/mol. The number of nitrogen functional groups attached to an aromatic ring is 1. The number of unbranched alkanes of at least 4 members (excludes halogenated alkanes) is 1. The molecule has 0 fully saturated rings. The summed E-state index contributed by atoms with van der Waals surface area (Å²) in [7, 11) is -2.06. The maximum Gasteiger partial charge on any atom is 0.245 e. The lowest BCUT2D eigenvalue weighted by Crippen LogP contribution is -2.39. The topological polar surface area (TPSA) is 72.6 Å². The minimum absolute atomic E-state index is 0.0527. The number of hydrogen-bond donors (Lipinski definition) is 1. The van der Waals surface area contributed by atoms with Gasteiger partial charge in [0.1, 0.15) is 10.6 Å². The zero-order valence-electron chi connectivity index (χ0n) is 13.3. The highest BCUT2D eigenvalue weighted by molar-refractivity contribution is 7.89. The van der Waals surface area contributed by atoms with Crippen molar-refractivity contribution in [2.75, 3.05) is 19.4 Å². The number of sulfonamides is 1. The summed E-state index contributed by atoms with van der Waals surface area (Å²) in [6.07, 6.45) is 2.54. The highest BCUT2D eigenvalue weighted by Gasteiger charge is 2.29. The number of nitrogens with two attached hydrogens (primary N) is 1. The van der Waals surface area contributed by atoms with Crippen molar-refractivity contribution in [3.05, 3.63) is 18.2 Å². The average molecular weight is 314 g/mol. The summed E-state index contributed by atoms with van der Waals surface area (Å²) in [4.78, 5) is 0.153. The van der Waals surface area contributed by atoms with Crippen LogP contribution in [-0.4, -0.2) is 32.4 Å². The van der Waals surface area contributed by atoms with Crippen LogP contribution < -0.4 is 10.5 Å². The third-order valence-electron chi connectivity index (χ3n) is 3.62. The van der Waals surface area contributed by atoms with Crippen LogP contribution in [-0.2, 0) is 10.0 Å². The molecule has 0 bridgehead atoms. The van der Waals surface area contributed by atoms with Gasteiger partial charge in [-0.15, -0.1) is 0 Å². The van der Waals surface area contributed by atoms with Crippen LogP contribution in [0.1, 0.15) is 40.0 Å². The van der Waals surface area contributed by atoms with Gasteiger partial charge in [-0.25, -0.2) is 8.42 Å². The van der Waals surface area contributed by atoms with Crippen LogP contribution in [0.15, 0.2) is 23.1 Å². The fourth-order valence-electron chi connectivity index (χ4n) is 2.11. The molecular formula is C15H26N2O3S. The Labute approximate surface area is 128 Å². The summed E-state index contributed by atoms with van der Waals surface area (Å²) in [5, 5.41) is 0. The quantitative estimate of drug-likeness (QED) is 0.749. The minimum Gasteiger partial charge on any atom is -0.497 e. The zero-order valence-corrected chi connectivity index (χ0v) is 14.1. The minimum atomic E-state index is -3.59. The predicted octanol–water partition coefficient (Wildman–Crippen LogP) is 2.87. The van der Waals surface area contributed by atoms with Gasteiger partial charge in [0.15, 0.2) is 0 Å². The molecule has 2 N–H and O–H groups in total. The number of nitrogens with zero attached hydrogens (tertiary/aromatic N) is 1. The number of rotatable bonds is 8. The highest BCUT2D eigenvalue weighted by atomic mass is 32.2. The number of anilines is 1. The van der Waals surface area contributed by atoms with E-state index in [2.05, 4.69) is 0 Å². The molecule has 0 aliphatic rings. The molecule has 0 aliphatic heterocycles. The van der Waals surface area contributed by atoms with Crippen molar-refractivity contribution in [3.8, 4) is 5.75 Å². The van der Waals surface area contributed by atoms with Gasteiger partial charge < -0.3 is 10.5 Å². The zero-order chi connectivity index (χ0) is 16.0. The summed E-state index contributed by atoms with van der Waals surface area (Å²) >= 11 is 0. The summed E-state index contributed by atoms with van der Waals surface area (Å²) in [5.41, 5.74) is 6.13. The van der Waals surface area contributed by atoms with Crippen LogP contribution in [0.4, 0.5) is 5.69 Å². The maximum absolute atomic E-state index is 12.9. The van der Waals surface area contributed by atoms with Crippen molar-refractivity contribution < 1.29 is 13.2 Å². The smallest absolute Gasteiger partial charge is 0.245 e. The van der Waals surface area contributed by atoms with Crippen LogP contribution in [0, 0.1) is 0 Å². The first kappa shape index (κ1) is 17.8. The second-order valence-electron chi connectivity index (χ2n) is 5.13. The normalized spacial score (nSPS) is 13.4. The molecule has 0 radical (unpaired) electrons. The van der Waals surface area contributed by atoms with Gasteiger partial charge in [-0.2, -0.15) is 4.31 Å². The summed E-state index contributed by atoms with van der Waals surface area (Å²) in [6, 6.07) is 4.63. The molecule has 5 nitrogen and oxygen atoms in total. The summed E-state index contributed by atoms with van der Waals surface area (Å²) < 4.78 is 32.3. The lowest BCUT2D eigenvalue weighted by molar-refractivity contribution is 0.324. The first-order valence-electron chi connectivity index (χ1n) is 7.33. The molecular weight excluding hydrogens is 288 g/mol. The van der Waals surface area contributed by atoms with Crippen LogP contribution in [0.2, 0.25) is 0 Å². The van der Waals surface area contributed by atoms with Gasteiger partial charge in [0.2, 0.25) is 10.0 Å². The number of hydrogen-bond acceptors (Lipinski definition) is 4. The number of ether oxygens (including phenoxy) is 1. The lowest BCUT2D eigenvalue weighted by atomic mass is 10.2. The summed E-state index contributed by atoms with van der Waals surface area (Å²) in [5.74, 6) is 0.551. The monoisotopic (exact) mass is 314 g/mol. The van der Waals surface area contributed by atoms with E-state index in [4.69, 9.17) is 10.5 Å². The second-order valence-corrected chi connectivity index (χ2v) is 6.99. The number of methoxy groups -OCH3 is 1. The van der Waals surface area contributed by atoms with Gasteiger partial charge in [0.25, 0.3) is 0 Å². The molecule has 1 rings (SSSR count). The SMILES string of the molecule is CCCCN(C(C)CC)S(=O)(=O)c1ccc(OC)cc1N. The molecule has 0 saturated carbocycles. The maximum atomic E-state index is 12.9. The first-order valence-corrected chi connectivity index (χ1v) is 8.77. The third kappa shape index (κ3) is 4.11. The van der Waals surface area contributed by atoms with Gasteiger partial charge in [-0.3, -0.25) is 0 Å². The van der Waals surface area contributed by atoms with Crippen LogP contribution >= 0.6 is 0 Å². The third-order valence-corrected chi connectivity index (χ3v) is 5.71. The Morgan fingerprint density at radius 2 is 2.00 bits per heavy atom. The van der Waals surface area contributed by atoms with E-state index in [0.29, 0.717) is 12.3 Å². The summed E-state index contributed by atoms with van der Waals surface area (Å²) in [6.45, 7) is 6.46. The molecule has 1 aromatic carbocycles. The van der Waals surface area contributed by atoms with Gasteiger partial charge in [-0.1, -0.05) is 20.3 Å². The van der Waals surface area contributed by atoms with E-state index in [9.17, 15) is 8.42 Å². The molecule has 1 unspecified atom stereocenters. The van der Waals surface area contributed by atoms with E-state index in [1.807, 2.05) is 20.8 Å². The highest BCUT2D eigenvalue weighted by Crippen LogP contribution is 2.28. The van der Waals surface area contributed by atoms with Crippen molar-refractivity contribution in [1.82, 2.24) is 4.31 Å². The molecule has 0 amide bonds. The standard InChI is InChI=1S/C15H26N2O3S/c1-5-7-10-17(12(3)6-2)21(18,19)15-9-8-13(20-4)11-14(15)16/h8-9,11-12H,5-7,10,16H2,1-4H3. The van der Waals surface area contributed by atoms with E-state index in [1.54, 1.807) is 16.4 Å². The van der Waals surface area contributed by atoms with Gasteiger partial charge in [0, 0.05) is 18.7 Å². The Morgan fingerprint density at radius 3 is 2.48 bits per heavy atom. The molecule has 0 aromatic heterocycles. The molecule has 1 atom stereocenters.